The van der Waals surface area contributed by atoms with Crippen LogP contribution in [-0.2, 0) is 11.3 Å². The lowest BCUT2D eigenvalue weighted by molar-refractivity contribution is -0.113. The molecule has 178 valence electrons. The molecule has 3 rings (SSSR count). The lowest BCUT2D eigenvalue weighted by Crippen LogP contribution is -2.29. The first-order chi connectivity index (χ1) is 16.2. The Kier molecular flexibility index (Phi) is 9.02. The molecule has 1 aromatic heterocycles. The van der Waals surface area contributed by atoms with Gasteiger partial charge in [-0.05, 0) is 49.7 Å². The number of carbonyl (C=O) groups is 2. The maximum Gasteiger partial charge on any atom is 0.253 e. The van der Waals surface area contributed by atoms with E-state index in [0.717, 1.165) is 5.56 Å². The largest absolute Gasteiger partial charge is 0.342 e. The van der Waals surface area contributed by atoms with E-state index in [2.05, 4.69) is 27.4 Å². The van der Waals surface area contributed by atoms with Crippen LogP contribution in [0.15, 0.2) is 54.2 Å². The highest BCUT2D eigenvalue weighted by molar-refractivity contribution is 7.99. The third-order valence-electron chi connectivity index (χ3n) is 4.76. The number of allylic oxidation sites excluding steroid dienone is 1. The van der Waals surface area contributed by atoms with Gasteiger partial charge in [0, 0.05) is 22.3 Å². The molecule has 1 atom stereocenters. The number of thioether (sulfide) groups is 1. The minimum absolute atomic E-state index is 0.113. The lowest BCUT2D eigenvalue weighted by atomic mass is 10.2. The van der Waals surface area contributed by atoms with Gasteiger partial charge in [0.15, 0.2) is 11.0 Å². The van der Waals surface area contributed by atoms with Gasteiger partial charge in [-0.2, -0.15) is 0 Å². The van der Waals surface area contributed by atoms with Crippen molar-refractivity contribution in [2.75, 3.05) is 11.1 Å². The lowest BCUT2D eigenvalue weighted by Gasteiger charge is -2.16. The summed E-state index contributed by atoms with van der Waals surface area (Å²) in [5.74, 6) is 0.0552. The van der Waals surface area contributed by atoms with Crippen molar-refractivity contribution >= 4 is 64.1 Å². The summed E-state index contributed by atoms with van der Waals surface area (Å²) in [7, 11) is 0. The summed E-state index contributed by atoms with van der Waals surface area (Å²) in [5.41, 5.74) is 1.85. The van der Waals surface area contributed by atoms with Gasteiger partial charge in [-0.15, -0.1) is 16.8 Å². The molecule has 0 saturated heterocycles. The second-order valence-electron chi connectivity index (χ2n) is 7.36. The van der Waals surface area contributed by atoms with Gasteiger partial charge in [0.25, 0.3) is 5.91 Å². The Balaban J connectivity index is 1.68. The number of rotatable bonds is 9. The zero-order chi connectivity index (χ0) is 24.8. The average Bonchev–Trinajstić information content (AvgIpc) is 3.17. The van der Waals surface area contributed by atoms with Crippen LogP contribution in [0.5, 0.6) is 0 Å². The predicted molar refractivity (Wildman–Crippen MR) is 138 cm³/mol. The van der Waals surface area contributed by atoms with Gasteiger partial charge in [0.05, 0.1) is 22.4 Å². The van der Waals surface area contributed by atoms with Crippen molar-refractivity contribution < 1.29 is 9.59 Å². The minimum Gasteiger partial charge on any atom is -0.342 e. The third-order valence-corrected chi connectivity index (χ3v) is 6.68. The monoisotopic (exact) mass is 537 g/mol. The molecule has 0 aliphatic rings. The van der Waals surface area contributed by atoms with Crippen LogP contribution < -0.4 is 10.6 Å². The Morgan fingerprint density at radius 3 is 2.59 bits per heavy atom. The number of aromatic nitrogens is 3. The predicted octanol–water partition coefficient (Wildman–Crippen LogP) is 5.95. The molecule has 3 aromatic rings. The van der Waals surface area contributed by atoms with E-state index in [1.54, 1.807) is 41.8 Å². The zero-order valence-corrected chi connectivity index (χ0v) is 21.5. The van der Waals surface area contributed by atoms with Gasteiger partial charge in [-0.3, -0.25) is 9.59 Å². The van der Waals surface area contributed by atoms with E-state index in [0.29, 0.717) is 38.8 Å². The summed E-state index contributed by atoms with van der Waals surface area (Å²) in [6.07, 6.45) is 1.69. The Bertz CT molecular complexity index is 1230. The molecule has 0 bridgehead atoms. The number of halogens is 3. The smallest absolute Gasteiger partial charge is 0.253 e. The molecule has 0 saturated carbocycles. The highest BCUT2D eigenvalue weighted by Gasteiger charge is 2.21. The Morgan fingerprint density at radius 2 is 1.91 bits per heavy atom. The fourth-order valence-corrected chi connectivity index (χ4v) is 4.47. The normalized spacial score (nSPS) is 11.7. The van der Waals surface area contributed by atoms with Crippen LogP contribution in [0.2, 0.25) is 15.1 Å². The fraction of sp³-hybridized carbons (Fsp3) is 0.217. The molecule has 0 spiro atoms. The van der Waals surface area contributed by atoms with E-state index in [4.69, 9.17) is 34.8 Å². The van der Waals surface area contributed by atoms with E-state index in [-0.39, 0.29) is 22.6 Å². The number of anilines is 1. The Labute approximate surface area is 216 Å². The van der Waals surface area contributed by atoms with E-state index < -0.39 is 6.04 Å². The number of nitrogens with zero attached hydrogens (tertiary/aromatic N) is 3. The van der Waals surface area contributed by atoms with Gasteiger partial charge >= 0.3 is 0 Å². The second kappa shape index (κ2) is 11.8. The average molecular weight is 539 g/mol. The molecule has 11 heteroatoms. The fourth-order valence-electron chi connectivity index (χ4n) is 3.04. The number of benzene rings is 2. The van der Waals surface area contributed by atoms with Crippen molar-refractivity contribution in [1.29, 1.82) is 0 Å². The summed E-state index contributed by atoms with van der Waals surface area (Å²) >= 11 is 19.4. The van der Waals surface area contributed by atoms with Gasteiger partial charge in [-0.25, -0.2) is 0 Å². The quantitative estimate of drug-likeness (QED) is 0.259. The van der Waals surface area contributed by atoms with Crippen LogP contribution in [-0.4, -0.2) is 32.3 Å². The van der Waals surface area contributed by atoms with E-state index in [9.17, 15) is 9.59 Å². The van der Waals surface area contributed by atoms with Gasteiger partial charge in [0.2, 0.25) is 5.91 Å². The molecule has 2 amide bonds. The summed E-state index contributed by atoms with van der Waals surface area (Å²) in [4.78, 5) is 25.1. The number of nitrogens with one attached hydrogen (secondary N) is 2. The molecule has 1 heterocycles. The Morgan fingerprint density at radius 1 is 1.15 bits per heavy atom. The van der Waals surface area contributed by atoms with Crippen LogP contribution in [0, 0.1) is 6.92 Å². The molecule has 0 unspecified atom stereocenters. The molecular formula is C23H22Cl3N5O2S. The molecule has 0 radical (unpaired) electrons. The molecule has 0 aliphatic carbocycles. The summed E-state index contributed by atoms with van der Waals surface area (Å²) in [5, 5.41) is 15.9. The SMILES string of the molecule is C=CCn1c(SCC(=O)Nc2ccc(C)c(Cl)c2)nnc1[C@@H](C)NC(=O)c1ccc(Cl)cc1Cl. The van der Waals surface area contributed by atoms with Crippen LogP contribution in [0.1, 0.15) is 34.7 Å². The van der Waals surface area contributed by atoms with Crippen molar-refractivity contribution in [3.05, 3.63) is 81.1 Å². The van der Waals surface area contributed by atoms with Crippen LogP contribution in [0.3, 0.4) is 0 Å². The van der Waals surface area contributed by atoms with E-state index in [1.807, 2.05) is 13.0 Å². The van der Waals surface area contributed by atoms with Crippen LogP contribution in [0.25, 0.3) is 0 Å². The second-order valence-corrected chi connectivity index (χ2v) is 9.55. The standard InChI is InChI=1S/C23H22Cl3N5O2S/c1-4-9-31-21(14(3)27-22(33)17-8-6-15(24)10-19(17)26)29-30-23(31)34-12-20(32)28-16-7-5-13(2)18(25)11-16/h4-8,10-11,14H,1,9,12H2,2-3H3,(H,27,33)(H,28,32)/t14-/m1/s1. The van der Waals surface area contributed by atoms with Gasteiger partial charge < -0.3 is 15.2 Å². The van der Waals surface area contributed by atoms with Crippen LogP contribution in [0.4, 0.5) is 5.69 Å². The molecule has 34 heavy (non-hydrogen) atoms. The van der Waals surface area contributed by atoms with Crippen molar-refractivity contribution in [2.45, 2.75) is 31.6 Å². The van der Waals surface area contributed by atoms with E-state index >= 15 is 0 Å². The van der Waals surface area contributed by atoms with Crippen LogP contribution >= 0.6 is 46.6 Å². The first-order valence-electron chi connectivity index (χ1n) is 10.2. The van der Waals surface area contributed by atoms with Crippen molar-refractivity contribution in [3.63, 3.8) is 0 Å². The zero-order valence-electron chi connectivity index (χ0n) is 18.4. The van der Waals surface area contributed by atoms with Gasteiger partial charge in [-0.1, -0.05) is 58.7 Å². The maximum absolute atomic E-state index is 12.7. The number of hydrogen-bond acceptors (Lipinski definition) is 5. The third kappa shape index (κ3) is 6.54. The van der Waals surface area contributed by atoms with Crippen molar-refractivity contribution in [3.8, 4) is 0 Å². The van der Waals surface area contributed by atoms with E-state index in [1.165, 1.54) is 17.8 Å². The van der Waals surface area contributed by atoms with Crippen molar-refractivity contribution in [2.24, 2.45) is 0 Å². The molecule has 0 aliphatic heterocycles. The molecular weight excluding hydrogens is 517 g/mol. The minimum atomic E-state index is -0.482. The molecule has 2 N–H and O–H groups in total. The maximum atomic E-state index is 12.7. The topological polar surface area (TPSA) is 88.9 Å². The number of hydrogen-bond donors (Lipinski definition) is 2. The number of amides is 2. The van der Waals surface area contributed by atoms with Gasteiger partial charge in [0.1, 0.15) is 0 Å². The first-order valence-corrected chi connectivity index (χ1v) is 12.3. The first kappa shape index (κ1) is 26.1. The number of carbonyl (C=O) groups excluding carboxylic acids is 2. The Hall–Kier alpha value is -2.52. The summed E-state index contributed by atoms with van der Waals surface area (Å²) in [6, 6.07) is 9.51. The summed E-state index contributed by atoms with van der Waals surface area (Å²) in [6.45, 7) is 7.86. The molecule has 0 fully saturated rings. The number of aryl methyl sites for hydroxylation is 1. The highest BCUT2D eigenvalue weighted by atomic mass is 35.5. The van der Waals surface area contributed by atoms with Crippen molar-refractivity contribution in [1.82, 2.24) is 20.1 Å². The summed E-state index contributed by atoms with van der Waals surface area (Å²) < 4.78 is 1.79. The molecule has 7 nitrogen and oxygen atoms in total. The molecule has 2 aromatic carbocycles. The highest BCUT2D eigenvalue weighted by Crippen LogP contribution is 2.24.